The van der Waals surface area contributed by atoms with Gasteiger partial charge >= 0.3 is 0 Å². The molecule has 4 rings (SSSR count). The van der Waals surface area contributed by atoms with Crippen LogP contribution in [-0.2, 0) is 23.1 Å². The zero-order valence-electron chi connectivity index (χ0n) is 15.9. The van der Waals surface area contributed by atoms with Crippen LogP contribution in [-0.4, -0.2) is 46.2 Å². The smallest absolute Gasteiger partial charge is 0.249 e. The van der Waals surface area contributed by atoms with Crippen LogP contribution in [0.2, 0.25) is 0 Å². The maximum Gasteiger partial charge on any atom is 0.249 e. The highest BCUT2D eigenvalue weighted by Gasteiger charge is 2.41. The maximum absolute atomic E-state index is 12.3. The van der Waals surface area contributed by atoms with Crippen LogP contribution in [0.4, 0.5) is 0 Å². The number of likely N-dealkylation sites (tertiary alicyclic amines) is 1. The third-order valence-corrected chi connectivity index (χ3v) is 5.74. The Morgan fingerprint density at radius 2 is 2.08 bits per heavy atom. The number of nitrogens with zero attached hydrogens (tertiary/aromatic N) is 2. The number of benzene rings is 1. The molecule has 2 saturated heterocycles. The quantitative estimate of drug-likeness (QED) is 0.917. The van der Waals surface area contributed by atoms with Crippen molar-refractivity contribution < 1.29 is 9.53 Å². The van der Waals surface area contributed by atoms with Crippen LogP contribution in [0, 0.1) is 0 Å². The molecule has 0 radical (unpaired) electrons. The summed E-state index contributed by atoms with van der Waals surface area (Å²) in [7, 11) is 2.11. The Morgan fingerprint density at radius 1 is 1.27 bits per heavy atom. The molecule has 1 amide bonds. The average Bonchev–Trinajstić information content (AvgIpc) is 3.16. The van der Waals surface area contributed by atoms with Gasteiger partial charge in [-0.1, -0.05) is 18.2 Å². The van der Waals surface area contributed by atoms with Gasteiger partial charge in [0.2, 0.25) is 5.91 Å². The van der Waals surface area contributed by atoms with Crippen LogP contribution < -0.4 is 5.32 Å². The van der Waals surface area contributed by atoms with Crippen LogP contribution in [0.5, 0.6) is 0 Å². The van der Waals surface area contributed by atoms with Crippen LogP contribution in [0.15, 0.2) is 30.5 Å². The molecular weight excluding hydrogens is 326 g/mol. The number of carbonyl (C=O) groups is 1. The van der Waals surface area contributed by atoms with Crippen molar-refractivity contribution >= 4 is 16.8 Å². The molecule has 0 saturated carbocycles. The molecule has 0 unspecified atom stereocenters. The van der Waals surface area contributed by atoms with Gasteiger partial charge in [0.05, 0.1) is 6.10 Å². The molecule has 2 aromatic rings. The third kappa shape index (κ3) is 3.26. The number of rotatable bonds is 4. The van der Waals surface area contributed by atoms with Crippen molar-refractivity contribution in [2.24, 2.45) is 7.05 Å². The van der Waals surface area contributed by atoms with Crippen molar-refractivity contribution in [1.29, 1.82) is 0 Å². The van der Waals surface area contributed by atoms with E-state index in [0.29, 0.717) is 6.04 Å². The van der Waals surface area contributed by atoms with Crippen LogP contribution in [0.1, 0.15) is 38.7 Å². The molecule has 0 bridgehead atoms. The first-order valence-corrected chi connectivity index (χ1v) is 9.75. The van der Waals surface area contributed by atoms with Gasteiger partial charge in [0, 0.05) is 49.3 Å². The largest absolute Gasteiger partial charge is 0.363 e. The fourth-order valence-corrected chi connectivity index (χ4v) is 4.55. The van der Waals surface area contributed by atoms with E-state index in [1.807, 2.05) is 13.8 Å². The molecule has 3 heterocycles. The van der Waals surface area contributed by atoms with E-state index in [9.17, 15) is 4.79 Å². The Balaban J connectivity index is 1.44. The van der Waals surface area contributed by atoms with Crippen LogP contribution in [0.3, 0.4) is 0 Å². The summed E-state index contributed by atoms with van der Waals surface area (Å²) in [5.74, 6) is 0.0472. The third-order valence-electron chi connectivity index (χ3n) is 5.74. The van der Waals surface area contributed by atoms with Crippen molar-refractivity contribution in [2.75, 3.05) is 6.54 Å². The Labute approximate surface area is 155 Å². The fraction of sp³-hybridized carbons (Fsp3) is 0.571. The Kier molecular flexibility index (Phi) is 4.76. The predicted molar refractivity (Wildman–Crippen MR) is 103 cm³/mol. The molecule has 5 heteroatoms. The summed E-state index contributed by atoms with van der Waals surface area (Å²) >= 11 is 0. The molecule has 140 valence electrons. The molecule has 1 N–H and O–H groups in total. The van der Waals surface area contributed by atoms with Crippen molar-refractivity contribution in [3.05, 3.63) is 36.0 Å². The van der Waals surface area contributed by atoms with E-state index in [-0.39, 0.29) is 24.2 Å². The van der Waals surface area contributed by atoms with Crippen molar-refractivity contribution in [2.45, 2.75) is 63.9 Å². The molecule has 2 fully saturated rings. The molecule has 2 aliphatic heterocycles. The average molecular weight is 355 g/mol. The highest BCUT2D eigenvalue weighted by molar-refractivity contribution is 5.84. The fourth-order valence-electron chi connectivity index (χ4n) is 4.55. The maximum atomic E-state index is 12.3. The number of carbonyl (C=O) groups excluding carboxylic acids is 1. The number of hydrogen-bond acceptors (Lipinski definition) is 3. The number of amides is 1. The van der Waals surface area contributed by atoms with Gasteiger partial charge < -0.3 is 14.6 Å². The molecule has 26 heavy (non-hydrogen) atoms. The van der Waals surface area contributed by atoms with Crippen LogP contribution in [0.25, 0.3) is 10.9 Å². The first-order chi connectivity index (χ1) is 12.5. The van der Waals surface area contributed by atoms with Gasteiger partial charge in [0.1, 0.15) is 6.10 Å². The molecule has 2 aliphatic rings. The standard InChI is InChI=1S/C21H29N3O2/c1-14(2)22-21(25)20-9-8-18-19(26-20)10-11-24(18)13-15-12-23(3)17-7-5-4-6-16(15)17/h4-7,12,14,18-20H,8-11,13H2,1-3H3,(H,22,25)/t18-,19-,20+/m1/s1. The second-order valence-corrected chi connectivity index (χ2v) is 8.01. The van der Waals surface area contributed by atoms with E-state index in [2.05, 4.69) is 52.3 Å². The summed E-state index contributed by atoms with van der Waals surface area (Å²) in [6.07, 6.45) is 5.01. The molecular formula is C21H29N3O2. The monoisotopic (exact) mass is 355 g/mol. The summed E-state index contributed by atoms with van der Waals surface area (Å²) < 4.78 is 8.38. The molecule has 5 nitrogen and oxygen atoms in total. The van der Waals surface area contributed by atoms with Gasteiger partial charge in [-0.3, -0.25) is 9.69 Å². The van der Waals surface area contributed by atoms with Gasteiger partial charge in [-0.05, 0) is 44.7 Å². The number of ether oxygens (including phenoxy) is 1. The summed E-state index contributed by atoms with van der Waals surface area (Å²) in [4.78, 5) is 14.8. The van der Waals surface area contributed by atoms with E-state index in [1.54, 1.807) is 0 Å². The number of para-hydroxylation sites is 1. The first kappa shape index (κ1) is 17.6. The van der Waals surface area contributed by atoms with Crippen molar-refractivity contribution in [1.82, 2.24) is 14.8 Å². The SMILES string of the molecule is CC(C)NC(=O)[C@@H]1CC[C@@H]2[C@@H](CCN2Cc2cn(C)c3ccccc23)O1. The summed E-state index contributed by atoms with van der Waals surface area (Å²) in [5, 5.41) is 4.32. The lowest BCUT2D eigenvalue weighted by atomic mass is 9.98. The lowest BCUT2D eigenvalue weighted by Crippen LogP contribution is -2.48. The summed E-state index contributed by atoms with van der Waals surface area (Å²) in [6, 6.07) is 9.18. The van der Waals surface area contributed by atoms with Crippen molar-refractivity contribution in [3.63, 3.8) is 0 Å². The zero-order valence-corrected chi connectivity index (χ0v) is 15.9. The minimum Gasteiger partial charge on any atom is -0.363 e. The van der Waals surface area contributed by atoms with E-state index in [1.165, 1.54) is 16.5 Å². The minimum absolute atomic E-state index is 0.0472. The second-order valence-electron chi connectivity index (χ2n) is 8.01. The van der Waals surface area contributed by atoms with Gasteiger partial charge in [0.15, 0.2) is 0 Å². The Bertz CT molecular complexity index is 798. The van der Waals surface area contributed by atoms with Gasteiger partial charge in [0.25, 0.3) is 0 Å². The number of nitrogens with one attached hydrogen (secondary N) is 1. The van der Waals surface area contributed by atoms with Crippen LogP contribution >= 0.6 is 0 Å². The highest BCUT2D eigenvalue weighted by Crippen LogP contribution is 2.33. The van der Waals surface area contributed by atoms with Crippen molar-refractivity contribution in [3.8, 4) is 0 Å². The topological polar surface area (TPSA) is 46.5 Å². The lowest BCUT2D eigenvalue weighted by Gasteiger charge is -2.35. The highest BCUT2D eigenvalue weighted by atomic mass is 16.5. The van der Waals surface area contributed by atoms with E-state index in [4.69, 9.17) is 4.74 Å². The number of aryl methyl sites for hydroxylation is 1. The Hall–Kier alpha value is -1.85. The summed E-state index contributed by atoms with van der Waals surface area (Å²) in [5.41, 5.74) is 2.66. The molecule has 1 aromatic carbocycles. The van der Waals surface area contributed by atoms with Gasteiger partial charge in [-0.2, -0.15) is 0 Å². The predicted octanol–water partition coefficient (Wildman–Crippen LogP) is 2.82. The minimum atomic E-state index is -0.281. The van der Waals surface area contributed by atoms with E-state index < -0.39 is 0 Å². The Morgan fingerprint density at radius 3 is 2.88 bits per heavy atom. The molecule has 0 aliphatic carbocycles. The number of hydrogen-bond donors (Lipinski definition) is 1. The first-order valence-electron chi connectivity index (χ1n) is 9.75. The molecule has 1 aromatic heterocycles. The van der Waals surface area contributed by atoms with E-state index in [0.717, 1.165) is 32.4 Å². The summed E-state index contributed by atoms with van der Waals surface area (Å²) in [6.45, 7) is 5.97. The number of aromatic nitrogens is 1. The molecule has 0 spiro atoms. The lowest BCUT2D eigenvalue weighted by molar-refractivity contribution is -0.144. The van der Waals surface area contributed by atoms with E-state index >= 15 is 0 Å². The molecule has 3 atom stereocenters. The normalized spacial score (nSPS) is 26.4. The zero-order chi connectivity index (χ0) is 18.3. The second kappa shape index (κ2) is 7.05. The van der Waals surface area contributed by atoms with Gasteiger partial charge in [-0.25, -0.2) is 0 Å². The van der Waals surface area contributed by atoms with Gasteiger partial charge in [-0.15, -0.1) is 0 Å². The number of fused-ring (bicyclic) bond motifs is 2.